The summed E-state index contributed by atoms with van der Waals surface area (Å²) >= 11 is 5.53. The quantitative estimate of drug-likeness (QED) is 0.0549. The van der Waals surface area contributed by atoms with Crippen molar-refractivity contribution in [2.24, 2.45) is 0 Å². The molecule has 6 nitrogen and oxygen atoms in total. The minimum Gasteiger partial charge on any atom is -0.741 e. The molecule has 51 heavy (non-hydrogen) atoms. The highest BCUT2D eigenvalue weighted by molar-refractivity contribution is 7.86. The predicted molar refractivity (Wildman–Crippen MR) is 198 cm³/mol. The molecular weight excluding hydrogens is 692 g/mol. The van der Waals surface area contributed by atoms with Crippen LogP contribution in [0.5, 0.6) is 0 Å². The Hall–Kier alpha value is -4.58. The van der Waals surface area contributed by atoms with Crippen molar-refractivity contribution in [3.63, 3.8) is 0 Å². The van der Waals surface area contributed by atoms with E-state index in [-0.39, 0.29) is 0 Å². The molecule has 7 rings (SSSR count). The van der Waals surface area contributed by atoms with Gasteiger partial charge in [-0.3, -0.25) is 0 Å². The lowest BCUT2D eigenvalue weighted by molar-refractivity contribution is -0.676. The summed E-state index contributed by atoms with van der Waals surface area (Å²) in [7, 11) is -6.09. The average Bonchev–Trinajstić information content (AvgIpc) is 3.12. The maximum Gasteiger partial charge on any atom is 0.485 e. The van der Waals surface area contributed by atoms with Crippen LogP contribution in [-0.2, 0) is 42.3 Å². The number of para-hydroxylation sites is 1. The third-order valence-electron chi connectivity index (χ3n) is 9.27. The number of benzene rings is 4. The Morgan fingerprint density at radius 2 is 1.20 bits per heavy atom. The average molecular weight is 730 g/mol. The molecule has 0 spiro atoms. The number of aryl methyl sites for hydroxylation is 2. The molecule has 0 aliphatic heterocycles. The van der Waals surface area contributed by atoms with E-state index in [0.717, 1.165) is 63.7 Å². The Morgan fingerprint density at radius 3 is 1.73 bits per heavy atom. The van der Waals surface area contributed by atoms with Crippen LogP contribution in [0.1, 0.15) is 41.5 Å². The highest BCUT2D eigenvalue weighted by atomic mass is 32.2. The van der Waals surface area contributed by atoms with Crippen LogP contribution in [0.3, 0.4) is 0 Å². The van der Waals surface area contributed by atoms with Gasteiger partial charge in [0.05, 0.1) is 0 Å². The van der Waals surface area contributed by atoms with Gasteiger partial charge in [-0.15, -0.1) is 0 Å². The van der Waals surface area contributed by atoms with E-state index in [0.29, 0.717) is 5.11 Å². The van der Waals surface area contributed by atoms with E-state index in [4.69, 9.17) is 25.2 Å². The fourth-order valence-electron chi connectivity index (χ4n) is 7.06. The molecule has 264 valence electrons. The zero-order chi connectivity index (χ0) is 36.0. The lowest BCUT2D eigenvalue weighted by Crippen LogP contribution is -2.43. The Balaban J connectivity index is 0.000000503. The zero-order valence-corrected chi connectivity index (χ0v) is 29.5. The summed E-state index contributed by atoms with van der Waals surface area (Å²) in [6.07, 6.45) is 7.71. The first-order valence-electron chi connectivity index (χ1n) is 17.0. The number of nitrogens with zero attached hydrogens (tertiary/aromatic N) is 1. The summed E-state index contributed by atoms with van der Waals surface area (Å²) in [5.74, 6) is 0. The summed E-state index contributed by atoms with van der Waals surface area (Å²) in [6, 6.07) is 39.4. The molecule has 1 heterocycles. The van der Waals surface area contributed by atoms with Crippen molar-refractivity contribution in [3.8, 4) is 33.6 Å². The van der Waals surface area contributed by atoms with Gasteiger partial charge in [0.15, 0.2) is 15.2 Å². The second-order valence-electron chi connectivity index (χ2n) is 12.6. The van der Waals surface area contributed by atoms with Crippen molar-refractivity contribution >= 4 is 33.1 Å². The van der Waals surface area contributed by atoms with Crippen LogP contribution in [0, 0.1) is 0 Å². The number of pyridine rings is 1. The third kappa shape index (κ3) is 8.32. The van der Waals surface area contributed by atoms with Crippen molar-refractivity contribution in [3.05, 3.63) is 131 Å². The van der Waals surface area contributed by atoms with Gasteiger partial charge in [-0.05, 0) is 91.7 Å². The van der Waals surface area contributed by atoms with Crippen LogP contribution in [-0.4, -0.2) is 30.1 Å². The molecule has 2 aliphatic rings. The van der Waals surface area contributed by atoms with E-state index in [1.165, 1.54) is 55.9 Å². The molecule has 0 amide bonds. The highest BCUT2D eigenvalue weighted by Gasteiger charge is 2.38. The molecule has 4 aromatic carbocycles. The van der Waals surface area contributed by atoms with Crippen molar-refractivity contribution in [2.75, 3.05) is 11.9 Å². The van der Waals surface area contributed by atoms with Crippen molar-refractivity contribution < 1.29 is 30.7 Å². The maximum absolute atomic E-state index is 10.7. The van der Waals surface area contributed by atoms with Gasteiger partial charge >= 0.3 is 5.51 Å². The number of nitrogens with one attached hydrogen (secondary N) is 2. The monoisotopic (exact) mass is 729 g/mol. The third-order valence-corrected chi connectivity index (χ3v) is 10.1. The summed E-state index contributed by atoms with van der Waals surface area (Å²) < 4.78 is 61.6. The second kappa shape index (κ2) is 15.8. The first-order chi connectivity index (χ1) is 24.5. The summed E-state index contributed by atoms with van der Waals surface area (Å²) in [5.41, 5.74) is 9.89. The molecule has 11 heteroatoms. The molecule has 0 bridgehead atoms. The molecule has 5 aromatic rings. The standard InChI is InChI=1S/C39H37N3S.CHF3O3S/c43-39(41-31-18-6-2-7-19-31)40-26-12-3-13-27-42-37-32-20-10-8-14-28(32)22-24-34(37)36(30-16-4-1-5-17-30)35-25-23-29-15-9-11-21-33(29)38(35)42;2-1(3,4)8(5,6)7/h1-2,4-11,14-21H,3,12-13,22-27H2,(H-,40,41,43);(H,5,6,7). The van der Waals surface area contributed by atoms with Crippen LogP contribution in [0.15, 0.2) is 109 Å². The van der Waals surface area contributed by atoms with E-state index < -0.39 is 15.6 Å². The largest absolute Gasteiger partial charge is 0.741 e. The van der Waals surface area contributed by atoms with Crippen molar-refractivity contribution in [1.29, 1.82) is 0 Å². The number of alkyl halides is 3. The number of hydrogen-bond acceptors (Lipinski definition) is 4. The van der Waals surface area contributed by atoms with Crippen LogP contribution in [0.4, 0.5) is 18.9 Å². The number of anilines is 1. The fourth-order valence-corrected chi connectivity index (χ4v) is 7.28. The molecule has 1 aromatic heterocycles. The second-order valence-corrected chi connectivity index (χ2v) is 14.3. The molecular formula is C40H38F3N3O3S2. The topological polar surface area (TPSA) is 85.1 Å². The Kier molecular flexibility index (Phi) is 11.2. The number of fused-ring (bicyclic) bond motifs is 6. The first-order valence-corrected chi connectivity index (χ1v) is 18.8. The van der Waals surface area contributed by atoms with Crippen molar-refractivity contribution in [1.82, 2.24) is 5.32 Å². The number of unbranched alkanes of at least 4 members (excludes halogenated alkanes) is 2. The molecule has 0 unspecified atom stereocenters. The highest BCUT2D eigenvalue weighted by Crippen LogP contribution is 2.44. The van der Waals surface area contributed by atoms with Gasteiger partial charge in [-0.2, -0.15) is 17.7 Å². The molecule has 0 radical (unpaired) electrons. The van der Waals surface area contributed by atoms with Gasteiger partial charge in [-0.25, -0.2) is 8.42 Å². The van der Waals surface area contributed by atoms with E-state index in [9.17, 15) is 13.2 Å². The number of halogens is 3. The molecule has 2 N–H and O–H groups in total. The van der Waals surface area contributed by atoms with Gasteiger partial charge in [0.25, 0.3) is 0 Å². The van der Waals surface area contributed by atoms with Gasteiger partial charge < -0.3 is 15.2 Å². The predicted octanol–water partition coefficient (Wildman–Crippen LogP) is 8.38. The molecule has 0 fully saturated rings. The molecule has 0 saturated carbocycles. The van der Waals surface area contributed by atoms with E-state index in [1.807, 2.05) is 30.3 Å². The fraction of sp³-hybridized carbons (Fsp3) is 0.250. The van der Waals surface area contributed by atoms with Gasteiger partial charge in [0.1, 0.15) is 6.54 Å². The van der Waals surface area contributed by atoms with Crippen molar-refractivity contribution in [2.45, 2.75) is 57.0 Å². The lowest BCUT2D eigenvalue weighted by Gasteiger charge is -2.28. The van der Waals surface area contributed by atoms with Crippen LogP contribution >= 0.6 is 12.2 Å². The molecule has 2 aliphatic carbocycles. The number of hydrogen-bond donors (Lipinski definition) is 2. The van der Waals surface area contributed by atoms with Gasteiger partial charge in [-0.1, -0.05) is 84.9 Å². The van der Waals surface area contributed by atoms with E-state index in [2.05, 4.69) is 94.1 Å². The Labute approximate surface area is 302 Å². The number of rotatable bonds is 8. The van der Waals surface area contributed by atoms with Gasteiger partial charge in [0.2, 0.25) is 11.4 Å². The normalized spacial score (nSPS) is 13.0. The minimum atomic E-state index is -6.09. The van der Waals surface area contributed by atoms with E-state index >= 15 is 0 Å². The summed E-state index contributed by atoms with van der Waals surface area (Å²) in [5, 5.41) is 7.36. The molecule has 0 atom stereocenters. The number of aromatic nitrogens is 1. The smallest absolute Gasteiger partial charge is 0.485 e. The lowest BCUT2D eigenvalue weighted by atomic mass is 9.77. The van der Waals surface area contributed by atoms with Crippen LogP contribution in [0.25, 0.3) is 33.6 Å². The molecule has 0 saturated heterocycles. The maximum atomic E-state index is 10.7. The van der Waals surface area contributed by atoms with Gasteiger partial charge in [0, 0.05) is 46.5 Å². The Bertz CT molecular complexity index is 2050. The minimum absolute atomic E-state index is 0.688. The van der Waals surface area contributed by atoms with E-state index in [1.54, 1.807) is 0 Å². The van der Waals surface area contributed by atoms with Crippen LogP contribution in [0.2, 0.25) is 0 Å². The first kappa shape index (κ1) is 36.2. The zero-order valence-electron chi connectivity index (χ0n) is 27.9. The SMILES string of the molecule is O=S(=O)([O-])C(F)(F)F.S=C(NCCCCC[n+]1c2c(c(-c3ccccc3)c3c1-c1ccccc1CC3)CCc1ccccc1-2)Nc1ccccc1. The number of thiocarbonyl (C=S) groups is 1. The summed E-state index contributed by atoms with van der Waals surface area (Å²) in [4.78, 5) is 0. The summed E-state index contributed by atoms with van der Waals surface area (Å²) in [6.45, 7) is 1.88. The Morgan fingerprint density at radius 1 is 0.706 bits per heavy atom. The van der Waals surface area contributed by atoms with Crippen LogP contribution < -0.4 is 15.2 Å².